The normalized spacial score (nSPS) is 11.0. The van der Waals surface area contributed by atoms with Crippen molar-refractivity contribution in [3.8, 4) is 0 Å². The van der Waals surface area contributed by atoms with Crippen molar-refractivity contribution in [3.63, 3.8) is 0 Å². The van der Waals surface area contributed by atoms with Crippen LogP contribution in [-0.2, 0) is 11.3 Å². The number of nitrogens with zero attached hydrogens (tertiary/aromatic N) is 2. The molecule has 0 fully saturated rings. The molecule has 4 rings (SSSR count). The Hall–Kier alpha value is -3.61. The molecule has 0 bridgehead atoms. The van der Waals surface area contributed by atoms with Crippen LogP contribution in [0.3, 0.4) is 0 Å². The third-order valence-electron chi connectivity index (χ3n) is 4.08. The second-order valence-corrected chi connectivity index (χ2v) is 5.68. The molecule has 25 heavy (non-hydrogen) atoms. The predicted molar refractivity (Wildman–Crippen MR) is 93.6 cm³/mol. The summed E-state index contributed by atoms with van der Waals surface area (Å²) in [4.78, 5) is 23.9. The quantitative estimate of drug-likeness (QED) is 0.534. The summed E-state index contributed by atoms with van der Waals surface area (Å²) in [7, 11) is 0. The Balaban J connectivity index is 1.64. The van der Waals surface area contributed by atoms with Gasteiger partial charge < -0.3 is 15.0 Å². The maximum Gasteiger partial charge on any atom is 0.337 e. The Bertz CT molecular complexity index is 1110. The van der Waals surface area contributed by atoms with E-state index in [-0.39, 0.29) is 18.0 Å². The molecule has 7 heteroatoms. The number of benzene rings is 2. The number of H-pyrrole nitrogens is 1. The summed E-state index contributed by atoms with van der Waals surface area (Å²) in [5.41, 5.74) is 2.27. The third-order valence-corrected chi connectivity index (χ3v) is 4.08. The molecule has 124 valence electrons. The number of carbonyl (C=O) groups is 2. The highest BCUT2D eigenvalue weighted by Crippen LogP contribution is 2.23. The second-order valence-electron chi connectivity index (χ2n) is 5.68. The van der Waals surface area contributed by atoms with Gasteiger partial charge in [0.25, 0.3) is 0 Å². The highest BCUT2D eigenvalue weighted by molar-refractivity contribution is 6.04. The molecule has 2 aromatic heterocycles. The van der Waals surface area contributed by atoms with Gasteiger partial charge in [-0.3, -0.25) is 9.89 Å². The van der Waals surface area contributed by atoms with Crippen molar-refractivity contribution < 1.29 is 14.7 Å². The van der Waals surface area contributed by atoms with Crippen LogP contribution in [0.2, 0.25) is 0 Å². The minimum Gasteiger partial charge on any atom is -0.478 e. The molecular formula is C18H14N4O3. The van der Waals surface area contributed by atoms with E-state index >= 15 is 0 Å². The fourth-order valence-electron chi connectivity index (χ4n) is 2.97. The molecule has 0 saturated carbocycles. The number of aromatic carboxylic acids is 1. The number of carbonyl (C=O) groups excluding carboxylic acids is 1. The summed E-state index contributed by atoms with van der Waals surface area (Å²) in [6, 6.07) is 12.6. The lowest BCUT2D eigenvalue weighted by molar-refractivity contribution is -0.116. The van der Waals surface area contributed by atoms with Crippen LogP contribution < -0.4 is 5.32 Å². The summed E-state index contributed by atoms with van der Waals surface area (Å²) in [5.74, 6) is -1.27. The molecule has 3 N–H and O–H groups in total. The molecule has 0 aliphatic heterocycles. The van der Waals surface area contributed by atoms with Gasteiger partial charge in [-0.25, -0.2) is 4.79 Å². The molecule has 0 spiro atoms. The maximum atomic E-state index is 12.5. The number of para-hydroxylation sites is 2. The molecule has 2 heterocycles. The minimum absolute atomic E-state index is 0.0122. The first kappa shape index (κ1) is 14.9. The third kappa shape index (κ3) is 2.61. The summed E-state index contributed by atoms with van der Waals surface area (Å²) in [6.07, 6.45) is 3.17. The number of fused-ring (bicyclic) bond motifs is 2. The zero-order chi connectivity index (χ0) is 17.4. The Labute approximate surface area is 141 Å². The smallest absolute Gasteiger partial charge is 0.337 e. The topological polar surface area (TPSA) is 100 Å². The number of rotatable bonds is 4. The molecular weight excluding hydrogens is 320 g/mol. The molecule has 7 nitrogen and oxygen atoms in total. The van der Waals surface area contributed by atoms with Crippen LogP contribution >= 0.6 is 0 Å². The van der Waals surface area contributed by atoms with Crippen LogP contribution in [0, 0.1) is 0 Å². The van der Waals surface area contributed by atoms with E-state index in [9.17, 15) is 14.7 Å². The van der Waals surface area contributed by atoms with E-state index in [1.54, 1.807) is 35.0 Å². The average Bonchev–Trinajstić information content (AvgIpc) is 3.21. The number of aromatic amines is 1. The Morgan fingerprint density at radius 2 is 2.00 bits per heavy atom. The van der Waals surface area contributed by atoms with Crippen molar-refractivity contribution in [2.45, 2.75) is 6.54 Å². The van der Waals surface area contributed by atoms with Gasteiger partial charge in [0, 0.05) is 22.5 Å². The molecule has 0 saturated heterocycles. The van der Waals surface area contributed by atoms with E-state index in [2.05, 4.69) is 15.5 Å². The first-order valence-electron chi connectivity index (χ1n) is 7.66. The van der Waals surface area contributed by atoms with E-state index in [0.29, 0.717) is 16.6 Å². The highest BCUT2D eigenvalue weighted by atomic mass is 16.4. The molecule has 0 aliphatic rings. The molecule has 2 aromatic carbocycles. The lowest BCUT2D eigenvalue weighted by Crippen LogP contribution is -2.18. The van der Waals surface area contributed by atoms with Crippen LogP contribution in [-0.4, -0.2) is 31.7 Å². The van der Waals surface area contributed by atoms with Crippen molar-refractivity contribution in [1.82, 2.24) is 14.8 Å². The summed E-state index contributed by atoms with van der Waals surface area (Å²) < 4.78 is 1.64. The Morgan fingerprint density at radius 3 is 2.84 bits per heavy atom. The van der Waals surface area contributed by atoms with E-state index in [4.69, 9.17) is 0 Å². The van der Waals surface area contributed by atoms with Crippen LogP contribution in [0.1, 0.15) is 10.4 Å². The number of carboxylic acid groups (broad SMARTS) is 1. The monoisotopic (exact) mass is 334 g/mol. The first-order valence-corrected chi connectivity index (χ1v) is 7.66. The van der Waals surface area contributed by atoms with Gasteiger partial charge in [-0.15, -0.1) is 0 Å². The summed E-state index contributed by atoms with van der Waals surface area (Å²) >= 11 is 0. The van der Waals surface area contributed by atoms with E-state index in [0.717, 1.165) is 10.9 Å². The fourth-order valence-corrected chi connectivity index (χ4v) is 2.97. The first-order chi connectivity index (χ1) is 12.1. The number of amides is 1. The molecule has 0 unspecified atom stereocenters. The lowest BCUT2D eigenvalue weighted by Gasteiger charge is -2.08. The van der Waals surface area contributed by atoms with Gasteiger partial charge in [0.15, 0.2) is 0 Å². The second kappa shape index (κ2) is 5.79. The Morgan fingerprint density at radius 1 is 1.16 bits per heavy atom. The maximum absolute atomic E-state index is 12.5. The van der Waals surface area contributed by atoms with Crippen molar-refractivity contribution in [1.29, 1.82) is 0 Å². The van der Waals surface area contributed by atoms with Crippen molar-refractivity contribution >= 4 is 39.4 Å². The van der Waals surface area contributed by atoms with Crippen molar-refractivity contribution in [2.24, 2.45) is 0 Å². The van der Waals surface area contributed by atoms with Crippen molar-refractivity contribution in [2.75, 3.05) is 5.32 Å². The number of hydrogen-bond donors (Lipinski definition) is 3. The summed E-state index contributed by atoms with van der Waals surface area (Å²) in [6.45, 7) is 0.0122. The number of anilines is 1. The van der Waals surface area contributed by atoms with Crippen LogP contribution in [0.5, 0.6) is 0 Å². The SMILES string of the molecule is O=C(Cn1cc(C(=O)O)c2ccccc21)Nc1cccc2cn[nH]c12. The standard InChI is InChI=1S/C18H14N4O3/c23-16(20-14-6-3-4-11-8-19-21-17(11)14)10-22-9-13(18(24)25)12-5-1-2-7-15(12)22/h1-9H,10H2,(H,19,21)(H,20,23)(H,24,25). The molecule has 0 radical (unpaired) electrons. The average molecular weight is 334 g/mol. The number of aromatic nitrogens is 3. The number of nitrogens with one attached hydrogen (secondary N) is 2. The largest absolute Gasteiger partial charge is 0.478 e. The van der Waals surface area contributed by atoms with Gasteiger partial charge in [0.05, 0.1) is 23.0 Å². The van der Waals surface area contributed by atoms with Gasteiger partial charge in [-0.1, -0.05) is 30.3 Å². The molecule has 4 aromatic rings. The van der Waals surface area contributed by atoms with Gasteiger partial charge >= 0.3 is 5.97 Å². The molecule has 0 atom stereocenters. The van der Waals surface area contributed by atoms with E-state index in [1.165, 1.54) is 6.20 Å². The van der Waals surface area contributed by atoms with E-state index in [1.807, 2.05) is 18.2 Å². The predicted octanol–water partition coefficient (Wildman–Crippen LogP) is 2.85. The van der Waals surface area contributed by atoms with Gasteiger partial charge in [0.1, 0.15) is 6.54 Å². The van der Waals surface area contributed by atoms with E-state index < -0.39 is 5.97 Å². The van der Waals surface area contributed by atoms with Crippen LogP contribution in [0.25, 0.3) is 21.8 Å². The molecule has 0 aliphatic carbocycles. The summed E-state index contributed by atoms with van der Waals surface area (Å²) in [5, 5.41) is 20.5. The van der Waals surface area contributed by atoms with Gasteiger partial charge in [-0.05, 0) is 12.1 Å². The minimum atomic E-state index is -1.02. The van der Waals surface area contributed by atoms with Crippen molar-refractivity contribution in [3.05, 3.63) is 60.4 Å². The van der Waals surface area contributed by atoms with Crippen LogP contribution in [0.15, 0.2) is 54.9 Å². The van der Waals surface area contributed by atoms with Gasteiger partial charge in [0.2, 0.25) is 5.91 Å². The molecule has 1 amide bonds. The van der Waals surface area contributed by atoms with Gasteiger partial charge in [-0.2, -0.15) is 5.10 Å². The van der Waals surface area contributed by atoms with Crippen LogP contribution in [0.4, 0.5) is 5.69 Å². The number of hydrogen-bond acceptors (Lipinski definition) is 3. The Kier molecular flexibility index (Phi) is 3.46. The zero-order valence-corrected chi connectivity index (χ0v) is 13.1. The zero-order valence-electron chi connectivity index (χ0n) is 13.1. The fraction of sp³-hybridized carbons (Fsp3) is 0.0556. The number of carboxylic acids is 1. The highest BCUT2D eigenvalue weighted by Gasteiger charge is 2.15. The lowest BCUT2D eigenvalue weighted by atomic mass is 10.2.